The molecule has 0 fully saturated rings. The van der Waals surface area contributed by atoms with Crippen LogP contribution in [0.2, 0.25) is 0 Å². The summed E-state index contributed by atoms with van der Waals surface area (Å²) < 4.78 is 5.13. The summed E-state index contributed by atoms with van der Waals surface area (Å²) in [6.45, 7) is 1.90. The number of hydrogen-bond acceptors (Lipinski definition) is 4. The highest BCUT2D eigenvalue weighted by Gasteiger charge is 2.03. The molecule has 0 aliphatic heterocycles. The minimum Gasteiger partial charge on any atom is -0.497 e. The van der Waals surface area contributed by atoms with Gasteiger partial charge in [-0.15, -0.1) is 0 Å². The quantitative estimate of drug-likeness (QED) is 0.658. The summed E-state index contributed by atoms with van der Waals surface area (Å²) in [5.41, 5.74) is 5.11. The lowest BCUT2D eigenvalue weighted by molar-refractivity contribution is 0.0954. The Balaban J connectivity index is 1.83. The molecule has 1 heterocycles. The number of carbonyl (C=O) groups is 1. The molecule has 0 aliphatic carbocycles. The summed E-state index contributed by atoms with van der Waals surface area (Å²) in [5.74, 6) is 0.592. The van der Waals surface area contributed by atoms with Crippen molar-refractivity contribution in [3.8, 4) is 5.75 Å². The van der Waals surface area contributed by atoms with E-state index in [9.17, 15) is 4.79 Å². The van der Waals surface area contributed by atoms with E-state index in [4.69, 9.17) is 4.74 Å². The Morgan fingerprint density at radius 3 is 2.68 bits per heavy atom. The van der Waals surface area contributed by atoms with Crippen LogP contribution in [0.1, 0.15) is 29.3 Å². The molecule has 1 amide bonds. The molecule has 0 saturated heterocycles. The monoisotopic (exact) mass is 297 g/mol. The third-order valence-electron chi connectivity index (χ3n) is 3.21. The number of benzene rings is 1. The van der Waals surface area contributed by atoms with Crippen LogP contribution in [-0.4, -0.2) is 23.7 Å². The van der Waals surface area contributed by atoms with E-state index in [2.05, 4.69) is 15.5 Å². The molecule has 5 nitrogen and oxygen atoms in total. The van der Waals surface area contributed by atoms with Crippen LogP contribution >= 0.6 is 0 Å². The average molecular weight is 297 g/mol. The van der Waals surface area contributed by atoms with Crippen LogP contribution in [0.25, 0.3) is 0 Å². The maximum Gasteiger partial charge on any atom is 0.272 e. The van der Waals surface area contributed by atoms with Crippen molar-refractivity contribution in [2.45, 2.75) is 19.8 Å². The van der Waals surface area contributed by atoms with Gasteiger partial charge in [-0.3, -0.25) is 9.78 Å². The van der Waals surface area contributed by atoms with E-state index in [1.54, 1.807) is 25.4 Å². The highest BCUT2D eigenvalue weighted by molar-refractivity contribution is 5.94. The summed E-state index contributed by atoms with van der Waals surface area (Å²) in [7, 11) is 1.65. The minimum atomic E-state index is -0.253. The number of methoxy groups -OCH3 is 1. The first-order valence-corrected chi connectivity index (χ1v) is 7.05. The third-order valence-corrected chi connectivity index (χ3v) is 3.21. The van der Waals surface area contributed by atoms with E-state index in [0.717, 1.165) is 24.3 Å². The molecule has 2 aromatic rings. The molecule has 2 rings (SSSR count). The van der Waals surface area contributed by atoms with Crippen LogP contribution < -0.4 is 10.2 Å². The van der Waals surface area contributed by atoms with Gasteiger partial charge < -0.3 is 4.74 Å². The Labute approximate surface area is 130 Å². The van der Waals surface area contributed by atoms with Gasteiger partial charge in [0.05, 0.1) is 12.7 Å². The SMILES string of the molecule is COc1ccc(CC/C(C)=N\NC(=O)c2cccnc2)cc1. The smallest absolute Gasteiger partial charge is 0.272 e. The summed E-state index contributed by atoms with van der Waals surface area (Å²) in [6.07, 6.45) is 4.78. The number of amides is 1. The number of hydrazone groups is 1. The summed E-state index contributed by atoms with van der Waals surface area (Å²) >= 11 is 0. The molecule has 0 unspecified atom stereocenters. The second-order valence-corrected chi connectivity index (χ2v) is 4.88. The van der Waals surface area contributed by atoms with Crippen LogP contribution in [0.4, 0.5) is 0 Å². The fraction of sp³-hybridized carbons (Fsp3) is 0.235. The van der Waals surface area contributed by atoms with E-state index < -0.39 is 0 Å². The molecular weight excluding hydrogens is 278 g/mol. The lowest BCUT2D eigenvalue weighted by Gasteiger charge is -2.04. The number of hydrogen-bond donors (Lipinski definition) is 1. The van der Waals surface area contributed by atoms with Gasteiger partial charge in [0.15, 0.2) is 0 Å². The Morgan fingerprint density at radius 1 is 1.27 bits per heavy atom. The van der Waals surface area contributed by atoms with Gasteiger partial charge in [-0.2, -0.15) is 5.10 Å². The molecule has 1 aromatic heterocycles. The molecule has 1 aromatic carbocycles. The van der Waals surface area contributed by atoms with Crippen molar-refractivity contribution in [2.75, 3.05) is 7.11 Å². The first-order valence-electron chi connectivity index (χ1n) is 7.05. The van der Waals surface area contributed by atoms with Crippen molar-refractivity contribution in [1.29, 1.82) is 0 Å². The van der Waals surface area contributed by atoms with Crippen LogP contribution in [0, 0.1) is 0 Å². The number of nitrogens with zero attached hydrogens (tertiary/aromatic N) is 2. The van der Waals surface area contributed by atoms with Gasteiger partial charge in [0.1, 0.15) is 5.75 Å². The lowest BCUT2D eigenvalue weighted by atomic mass is 10.1. The fourth-order valence-corrected chi connectivity index (χ4v) is 1.88. The number of aryl methyl sites for hydroxylation is 1. The Bertz CT molecular complexity index is 637. The number of pyridine rings is 1. The van der Waals surface area contributed by atoms with Crippen LogP contribution in [-0.2, 0) is 6.42 Å². The molecule has 22 heavy (non-hydrogen) atoms. The molecule has 0 spiro atoms. The summed E-state index contributed by atoms with van der Waals surface area (Å²) in [5, 5.41) is 4.11. The van der Waals surface area contributed by atoms with Gasteiger partial charge in [-0.1, -0.05) is 12.1 Å². The Hall–Kier alpha value is -2.69. The first-order chi connectivity index (χ1) is 10.7. The maximum atomic E-state index is 11.8. The largest absolute Gasteiger partial charge is 0.497 e. The zero-order valence-electron chi connectivity index (χ0n) is 12.7. The highest BCUT2D eigenvalue weighted by atomic mass is 16.5. The number of ether oxygens (including phenoxy) is 1. The number of nitrogens with one attached hydrogen (secondary N) is 1. The average Bonchev–Trinajstić information content (AvgIpc) is 2.59. The molecule has 1 N–H and O–H groups in total. The Morgan fingerprint density at radius 2 is 2.05 bits per heavy atom. The second-order valence-electron chi connectivity index (χ2n) is 4.88. The van der Waals surface area contributed by atoms with E-state index in [-0.39, 0.29) is 5.91 Å². The normalized spacial score (nSPS) is 11.1. The number of carbonyl (C=O) groups excluding carboxylic acids is 1. The van der Waals surface area contributed by atoms with Gasteiger partial charge in [-0.05, 0) is 49.6 Å². The standard InChI is InChI=1S/C17H19N3O2/c1-13(5-6-14-7-9-16(22-2)10-8-14)19-20-17(21)15-4-3-11-18-12-15/h3-4,7-12H,5-6H2,1-2H3,(H,20,21)/b19-13-. The van der Waals surface area contributed by atoms with Crippen molar-refractivity contribution in [1.82, 2.24) is 10.4 Å². The molecular formula is C17H19N3O2. The second kappa shape index (κ2) is 7.93. The third kappa shape index (κ3) is 4.70. The van der Waals surface area contributed by atoms with Crippen LogP contribution in [0.15, 0.2) is 53.9 Å². The minimum absolute atomic E-state index is 0.253. The van der Waals surface area contributed by atoms with Crippen molar-refractivity contribution in [3.05, 3.63) is 59.9 Å². The fourth-order valence-electron chi connectivity index (χ4n) is 1.88. The molecule has 0 atom stereocenters. The van der Waals surface area contributed by atoms with Crippen molar-refractivity contribution < 1.29 is 9.53 Å². The summed E-state index contributed by atoms with van der Waals surface area (Å²) in [6, 6.07) is 11.3. The van der Waals surface area contributed by atoms with E-state index >= 15 is 0 Å². The zero-order chi connectivity index (χ0) is 15.8. The molecule has 0 radical (unpaired) electrons. The van der Waals surface area contributed by atoms with E-state index in [1.165, 1.54) is 11.8 Å². The summed E-state index contributed by atoms with van der Waals surface area (Å²) in [4.78, 5) is 15.7. The van der Waals surface area contributed by atoms with E-state index in [1.807, 2.05) is 31.2 Å². The molecule has 0 aliphatic rings. The highest BCUT2D eigenvalue weighted by Crippen LogP contribution is 2.12. The first kappa shape index (κ1) is 15.7. The van der Waals surface area contributed by atoms with E-state index in [0.29, 0.717) is 5.56 Å². The zero-order valence-corrected chi connectivity index (χ0v) is 12.7. The van der Waals surface area contributed by atoms with Gasteiger partial charge in [0, 0.05) is 18.1 Å². The topological polar surface area (TPSA) is 63.6 Å². The van der Waals surface area contributed by atoms with Crippen molar-refractivity contribution in [2.24, 2.45) is 5.10 Å². The van der Waals surface area contributed by atoms with Crippen molar-refractivity contribution in [3.63, 3.8) is 0 Å². The molecule has 114 valence electrons. The predicted molar refractivity (Wildman–Crippen MR) is 86.1 cm³/mol. The van der Waals surface area contributed by atoms with Gasteiger partial charge in [-0.25, -0.2) is 5.43 Å². The predicted octanol–water partition coefficient (Wildman–Crippen LogP) is 2.83. The van der Waals surface area contributed by atoms with Crippen LogP contribution in [0.3, 0.4) is 0 Å². The lowest BCUT2D eigenvalue weighted by Crippen LogP contribution is -2.19. The Kier molecular flexibility index (Phi) is 5.65. The molecule has 0 saturated carbocycles. The molecule has 5 heteroatoms. The number of aromatic nitrogens is 1. The van der Waals surface area contributed by atoms with Gasteiger partial charge >= 0.3 is 0 Å². The van der Waals surface area contributed by atoms with Gasteiger partial charge in [0.2, 0.25) is 0 Å². The molecule has 0 bridgehead atoms. The van der Waals surface area contributed by atoms with Crippen molar-refractivity contribution >= 4 is 11.6 Å². The van der Waals surface area contributed by atoms with Crippen LogP contribution in [0.5, 0.6) is 5.75 Å². The van der Waals surface area contributed by atoms with Gasteiger partial charge in [0.25, 0.3) is 5.91 Å². The number of rotatable bonds is 6. The maximum absolute atomic E-state index is 11.8.